The van der Waals surface area contributed by atoms with Gasteiger partial charge in [-0.25, -0.2) is 4.39 Å². The van der Waals surface area contributed by atoms with Gasteiger partial charge in [0, 0.05) is 6.04 Å². The number of rotatable bonds is 5. The Labute approximate surface area is 127 Å². The summed E-state index contributed by atoms with van der Waals surface area (Å²) in [6, 6.07) is 4.32. The molecule has 0 radical (unpaired) electrons. The first kappa shape index (κ1) is 15.3. The van der Waals surface area contributed by atoms with Gasteiger partial charge in [0.25, 0.3) is 5.91 Å². The second-order valence-corrected chi connectivity index (χ2v) is 6.18. The van der Waals surface area contributed by atoms with Crippen LogP contribution in [0.2, 0.25) is 0 Å². The molecule has 0 bridgehead atoms. The molecule has 0 aromatic heterocycles. The molecule has 1 N–H and O–H groups in total. The SMILES string of the molecule is C[C@H](NC(=O)[C@@H](C)Oc1ccc(F)cc1Br)C1CCC1. The van der Waals surface area contributed by atoms with E-state index >= 15 is 0 Å². The van der Waals surface area contributed by atoms with Crippen molar-refractivity contribution in [1.29, 1.82) is 0 Å². The molecule has 0 aliphatic heterocycles. The molecule has 1 amide bonds. The van der Waals surface area contributed by atoms with Gasteiger partial charge in [0.05, 0.1) is 4.47 Å². The van der Waals surface area contributed by atoms with Crippen molar-refractivity contribution in [3.05, 3.63) is 28.5 Å². The molecule has 2 rings (SSSR count). The van der Waals surface area contributed by atoms with Gasteiger partial charge >= 0.3 is 0 Å². The van der Waals surface area contributed by atoms with Crippen LogP contribution in [0.25, 0.3) is 0 Å². The molecule has 5 heteroatoms. The minimum absolute atomic E-state index is 0.138. The summed E-state index contributed by atoms with van der Waals surface area (Å²) in [5, 5.41) is 2.98. The first-order chi connectivity index (χ1) is 9.47. The summed E-state index contributed by atoms with van der Waals surface area (Å²) < 4.78 is 19.1. The van der Waals surface area contributed by atoms with E-state index in [0.29, 0.717) is 16.1 Å². The Kier molecular flexibility index (Phi) is 5.02. The summed E-state index contributed by atoms with van der Waals surface area (Å²) >= 11 is 3.22. The fourth-order valence-electron chi connectivity index (χ4n) is 2.21. The Morgan fingerprint density at radius 3 is 2.70 bits per heavy atom. The van der Waals surface area contributed by atoms with Crippen LogP contribution in [0.3, 0.4) is 0 Å². The molecule has 2 atom stereocenters. The van der Waals surface area contributed by atoms with Crippen LogP contribution in [0.1, 0.15) is 33.1 Å². The van der Waals surface area contributed by atoms with Crippen molar-refractivity contribution in [3.63, 3.8) is 0 Å². The second-order valence-electron chi connectivity index (χ2n) is 5.32. The molecule has 110 valence electrons. The molecule has 20 heavy (non-hydrogen) atoms. The predicted molar refractivity (Wildman–Crippen MR) is 79.1 cm³/mol. The number of benzene rings is 1. The number of carbonyl (C=O) groups is 1. The highest BCUT2D eigenvalue weighted by Crippen LogP contribution is 2.29. The van der Waals surface area contributed by atoms with Crippen molar-refractivity contribution in [2.24, 2.45) is 5.92 Å². The number of nitrogens with one attached hydrogen (secondary N) is 1. The van der Waals surface area contributed by atoms with Crippen LogP contribution in [0.15, 0.2) is 22.7 Å². The summed E-state index contributed by atoms with van der Waals surface area (Å²) in [7, 11) is 0. The van der Waals surface area contributed by atoms with E-state index in [1.165, 1.54) is 37.5 Å². The number of amides is 1. The topological polar surface area (TPSA) is 38.3 Å². The van der Waals surface area contributed by atoms with Crippen LogP contribution in [0.4, 0.5) is 4.39 Å². The van der Waals surface area contributed by atoms with Crippen molar-refractivity contribution < 1.29 is 13.9 Å². The van der Waals surface area contributed by atoms with E-state index in [-0.39, 0.29) is 17.8 Å². The first-order valence-corrected chi connectivity index (χ1v) is 7.68. The van der Waals surface area contributed by atoms with Gasteiger partial charge in [0.1, 0.15) is 11.6 Å². The zero-order chi connectivity index (χ0) is 14.7. The van der Waals surface area contributed by atoms with Gasteiger partial charge in [-0.3, -0.25) is 4.79 Å². The van der Waals surface area contributed by atoms with Crippen LogP contribution in [0, 0.1) is 11.7 Å². The monoisotopic (exact) mass is 343 g/mol. The minimum Gasteiger partial charge on any atom is -0.480 e. The molecule has 1 aromatic carbocycles. The normalized spacial score (nSPS) is 18.0. The summed E-state index contributed by atoms with van der Waals surface area (Å²) in [6.45, 7) is 3.72. The van der Waals surface area contributed by atoms with Crippen LogP contribution >= 0.6 is 15.9 Å². The largest absolute Gasteiger partial charge is 0.480 e. The standard InChI is InChI=1S/C15H19BrFNO2/c1-9(11-4-3-5-11)18-15(19)10(2)20-14-7-6-12(17)8-13(14)16/h6-11H,3-5H2,1-2H3,(H,18,19)/t9-,10+/m0/s1. The Hall–Kier alpha value is -1.10. The molecular weight excluding hydrogens is 325 g/mol. The third-order valence-electron chi connectivity index (χ3n) is 3.79. The first-order valence-electron chi connectivity index (χ1n) is 6.89. The van der Waals surface area contributed by atoms with Crippen LogP contribution < -0.4 is 10.1 Å². The fourth-order valence-corrected chi connectivity index (χ4v) is 2.66. The summed E-state index contributed by atoms with van der Waals surface area (Å²) in [5.41, 5.74) is 0. The lowest BCUT2D eigenvalue weighted by atomic mass is 9.80. The molecule has 0 spiro atoms. The zero-order valence-electron chi connectivity index (χ0n) is 11.7. The molecule has 1 aliphatic carbocycles. The highest BCUT2D eigenvalue weighted by molar-refractivity contribution is 9.10. The third-order valence-corrected chi connectivity index (χ3v) is 4.41. The summed E-state index contributed by atoms with van der Waals surface area (Å²) in [4.78, 5) is 12.1. The van der Waals surface area contributed by atoms with Gasteiger partial charge in [-0.05, 0) is 66.7 Å². The molecule has 1 fully saturated rings. The van der Waals surface area contributed by atoms with Crippen molar-refractivity contribution >= 4 is 21.8 Å². The van der Waals surface area contributed by atoms with Crippen LogP contribution in [0.5, 0.6) is 5.75 Å². The molecule has 0 unspecified atom stereocenters. The highest BCUT2D eigenvalue weighted by atomic mass is 79.9. The van der Waals surface area contributed by atoms with Gasteiger partial charge in [-0.2, -0.15) is 0 Å². The van der Waals surface area contributed by atoms with Crippen molar-refractivity contribution in [2.75, 3.05) is 0 Å². The highest BCUT2D eigenvalue weighted by Gasteiger charge is 2.27. The number of hydrogen-bond acceptors (Lipinski definition) is 2. The van der Waals surface area contributed by atoms with E-state index in [2.05, 4.69) is 21.2 Å². The van der Waals surface area contributed by atoms with E-state index in [0.717, 1.165) is 0 Å². The lowest BCUT2D eigenvalue weighted by Crippen LogP contribution is -2.45. The van der Waals surface area contributed by atoms with E-state index in [4.69, 9.17) is 4.74 Å². The number of halogens is 2. The van der Waals surface area contributed by atoms with Gasteiger partial charge in [-0.1, -0.05) is 6.42 Å². The molecule has 1 aliphatic rings. The lowest BCUT2D eigenvalue weighted by molar-refractivity contribution is -0.128. The number of hydrogen-bond donors (Lipinski definition) is 1. The van der Waals surface area contributed by atoms with E-state index in [9.17, 15) is 9.18 Å². The third kappa shape index (κ3) is 3.72. The molecule has 0 saturated heterocycles. The lowest BCUT2D eigenvalue weighted by Gasteiger charge is -2.32. The Morgan fingerprint density at radius 1 is 1.45 bits per heavy atom. The number of carbonyl (C=O) groups excluding carboxylic acids is 1. The van der Waals surface area contributed by atoms with Gasteiger partial charge < -0.3 is 10.1 Å². The second kappa shape index (κ2) is 6.57. The van der Waals surface area contributed by atoms with E-state index in [1.807, 2.05) is 6.92 Å². The maximum absolute atomic E-state index is 13.0. The van der Waals surface area contributed by atoms with Crippen molar-refractivity contribution in [2.45, 2.75) is 45.3 Å². The zero-order valence-corrected chi connectivity index (χ0v) is 13.2. The van der Waals surface area contributed by atoms with Crippen LogP contribution in [-0.4, -0.2) is 18.1 Å². The average Bonchev–Trinajstić information content (AvgIpc) is 2.30. The fraction of sp³-hybridized carbons (Fsp3) is 0.533. The summed E-state index contributed by atoms with van der Waals surface area (Å²) in [6.07, 6.45) is 3.00. The molecule has 1 aromatic rings. The Balaban J connectivity index is 1.89. The molecule has 0 heterocycles. The molecule has 3 nitrogen and oxygen atoms in total. The van der Waals surface area contributed by atoms with Crippen molar-refractivity contribution in [1.82, 2.24) is 5.32 Å². The minimum atomic E-state index is -0.612. The quantitative estimate of drug-likeness (QED) is 0.885. The van der Waals surface area contributed by atoms with Crippen molar-refractivity contribution in [3.8, 4) is 5.75 Å². The number of ether oxygens (including phenoxy) is 1. The van der Waals surface area contributed by atoms with E-state index < -0.39 is 6.10 Å². The maximum atomic E-state index is 13.0. The summed E-state index contributed by atoms with van der Waals surface area (Å²) in [5.74, 6) is 0.564. The van der Waals surface area contributed by atoms with Gasteiger partial charge in [-0.15, -0.1) is 0 Å². The Bertz CT molecular complexity index is 491. The van der Waals surface area contributed by atoms with Gasteiger partial charge in [0.2, 0.25) is 0 Å². The smallest absolute Gasteiger partial charge is 0.260 e. The predicted octanol–water partition coefficient (Wildman–Crippen LogP) is 3.66. The average molecular weight is 344 g/mol. The molecule has 1 saturated carbocycles. The van der Waals surface area contributed by atoms with Crippen LogP contribution in [-0.2, 0) is 4.79 Å². The maximum Gasteiger partial charge on any atom is 0.260 e. The Morgan fingerprint density at radius 2 is 2.15 bits per heavy atom. The molecular formula is C15H19BrFNO2. The van der Waals surface area contributed by atoms with Gasteiger partial charge in [0.15, 0.2) is 6.10 Å². The van der Waals surface area contributed by atoms with E-state index in [1.54, 1.807) is 6.92 Å².